The van der Waals surface area contributed by atoms with Gasteiger partial charge >= 0.3 is 6.03 Å². The number of hydrogen-bond acceptors (Lipinski definition) is 2. The zero-order chi connectivity index (χ0) is 15.8. The molecule has 1 aromatic carbocycles. The van der Waals surface area contributed by atoms with Gasteiger partial charge in [0.15, 0.2) is 0 Å². The van der Waals surface area contributed by atoms with Gasteiger partial charge in [0, 0.05) is 11.6 Å². The van der Waals surface area contributed by atoms with Crippen LogP contribution in [0.25, 0.3) is 0 Å². The molecule has 0 bridgehead atoms. The van der Waals surface area contributed by atoms with Crippen molar-refractivity contribution in [1.82, 2.24) is 10.6 Å². The second-order valence-corrected chi connectivity index (χ2v) is 5.48. The van der Waals surface area contributed by atoms with Gasteiger partial charge in [-0.25, -0.2) is 4.79 Å². The summed E-state index contributed by atoms with van der Waals surface area (Å²) in [5.74, 6) is -0.190. The van der Waals surface area contributed by atoms with Gasteiger partial charge in [-0.3, -0.25) is 4.79 Å². The van der Waals surface area contributed by atoms with Gasteiger partial charge in [0.1, 0.15) is 6.04 Å². The lowest BCUT2D eigenvalue weighted by atomic mass is 9.98. The molecule has 0 aliphatic heterocycles. The SMILES string of the molecule is CC[C@@H](C)[C@H](NC(N)=O)C(=O)NCCc1ccc(Cl)cc1. The smallest absolute Gasteiger partial charge is 0.312 e. The Morgan fingerprint density at radius 3 is 2.43 bits per heavy atom. The van der Waals surface area contributed by atoms with Gasteiger partial charge in [0.05, 0.1) is 0 Å². The fourth-order valence-electron chi connectivity index (χ4n) is 1.95. The van der Waals surface area contributed by atoms with E-state index in [0.717, 1.165) is 12.0 Å². The summed E-state index contributed by atoms with van der Waals surface area (Å²) in [5.41, 5.74) is 6.20. The number of carbonyl (C=O) groups excluding carboxylic acids is 2. The number of halogens is 1. The number of rotatable bonds is 7. The molecule has 0 aliphatic carbocycles. The Balaban J connectivity index is 2.49. The van der Waals surface area contributed by atoms with Crippen LogP contribution in [0.5, 0.6) is 0 Å². The fraction of sp³-hybridized carbons (Fsp3) is 0.467. The van der Waals surface area contributed by atoms with Crippen LogP contribution < -0.4 is 16.4 Å². The van der Waals surface area contributed by atoms with E-state index in [0.29, 0.717) is 18.0 Å². The molecular formula is C15H22ClN3O2. The summed E-state index contributed by atoms with van der Waals surface area (Å²) in [5, 5.41) is 6.01. The highest BCUT2D eigenvalue weighted by molar-refractivity contribution is 6.30. The molecule has 116 valence electrons. The van der Waals surface area contributed by atoms with E-state index < -0.39 is 12.1 Å². The summed E-state index contributed by atoms with van der Waals surface area (Å²) in [6.07, 6.45) is 1.47. The van der Waals surface area contributed by atoms with Crippen LogP contribution in [0.15, 0.2) is 24.3 Å². The minimum absolute atomic E-state index is 0.0213. The number of carbonyl (C=O) groups is 2. The molecule has 0 heterocycles. The minimum atomic E-state index is -0.687. The lowest BCUT2D eigenvalue weighted by molar-refractivity contribution is -0.124. The number of urea groups is 1. The van der Waals surface area contributed by atoms with Crippen LogP contribution in [0.3, 0.4) is 0 Å². The van der Waals surface area contributed by atoms with E-state index in [2.05, 4.69) is 10.6 Å². The first kappa shape index (κ1) is 17.3. The normalized spacial score (nSPS) is 13.3. The van der Waals surface area contributed by atoms with E-state index in [9.17, 15) is 9.59 Å². The third kappa shape index (κ3) is 6.04. The quantitative estimate of drug-likeness (QED) is 0.720. The van der Waals surface area contributed by atoms with Crippen molar-refractivity contribution in [2.75, 3.05) is 6.54 Å². The second kappa shape index (κ2) is 8.52. The summed E-state index contributed by atoms with van der Waals surface area (Å²) < 4.78 is 0. The monoisotopic (exact) mass is 311 g/mol. The molecule has 5 nitrogen and oxygen atoms in total. The van der Waals surface area contributed by atoms with Crippen molar-refractivity contribution in [3.8, 4) is 0 Å². The van der Waals surface area contributed by atoms with E-state index >= 15 is 0 Å². The third-order valence-electron chi connectivity index (χ3n) is 3.42. The summed E-state index contributed by atoms with van der Waals surface area (Å²) in [6, 6.07) is 6.18. The van der Waals surface area contributed by atoms with Crippen LogP contribution in [-0.4, -0.2) is 24.5 Å². The molecule has 21 heavy (non-hydrogen) atoms. The number of benzene rings is 1. The molecule has 2 atom stereocenters. The average molecular weight is 312 g/mol. The first-order valence-electron chi connectivity index (χ1n) is 7.02. The number of primary amides is 1. The van der Waals surface area contributed by atoms with Crippen LogP contribution in [0.2, 0.25) is 5.02 Å². The van der Waals surface area contributed by atoms with Crippen molar-refractivity contribution in [2.45, 2.75) is 32.7 Å². The van der Waals surface area contributed by atoms with Crippen LogP contribution in [0.4, 0.5) is 4.79 Å². The molecule has 4 N–H and O–H groups in total. The van der Waals surface area contributed by atoms with Crippen molar-refractivity contribution >= 4 is 23.5 Å². The Kier molecular flexibility index (Phi) is 7.02. The van der Waals surface area contributed by atoms with Crippen molar-refractivity contribution in [2.24, 2.45) is 11.7 Å². The third-order valence-corrected chi connectivity index (χ3v) is 3.67. The Morgan fingerprint density at radius 1 is 1.29 bits per heavy atom. The van der Waals surface area contributed by atoms with Crippen molar-refractivity contribution in [3.05, 3.63) is 34.9 Å². The van der Waals surface area contributed by atoms with E-state index in [1.54, 1.807) is 0 Å². The first-order valence-corrected chi connectivity index (χ1v) is 7.40. The van der Waals surface area contributed by atoms with Crippen molar-refractivity contribution in [3.63, 3.8) is 0 Å². The van der Waals surface area contributed by atoms with Crippen LogP contribution in [-0.2, 0) is 11.2 Å². The maximum absolute atomic E-state index is 12.1. The van der Waals surface area contributed by atoms with Gasteiger partial charge in [-0.1, -0.05) is 44.0 Å². The van der Waals surface area contributed by atoms with E-state index in [4.69, 9.17) is 17.3 Å². The zero-order valence-corrected chi connectivity index (χ0v) is 13.1. The van der Waals surface area contributed by atoms with Crippen molar-refractivity contribution < 1.29 is 9.59 Å². The van der Waals surface area contributed by atoms with Gasteiger partial charge in [0.2, 0.25) is 5.91 Å². The molecule has 0 fully saturated rings. The highest BCUT2D eigenvalue weighted by Crippen LogP contribution is 2.10. The number of hydrogen-bond donors (Lipinski definition) is 3. The molecule has 0 aromatic heterocycles. The van der Waals surface area contributed by atoms with E-state index in [1.165, 1.54) is 0 Å². The maximum Gasteiger partial charge on any atom is 0.312 e. The van der Waals surface area contributed by atoms with Crippen molar-refractivity contribution in [1.29, 1.82) is 0 Å². The lowest BCUT2D eigenvalue weighted by Crippen LogP contribution is -2.52. The van der Waals surface area contributed by atoms with Crippen LogP contribution >= 0.6 is 11.6 Å². The Labute approximate surface area is 130 Å². The zero-order valence-electron chi connectivity index (χ0n) is 12.4. The Hall–Kier alpha value is -1.75. The number of nitrogens with two attached hydrogens (primary N) is 1. The molecule has 0 spiro atoms. The molecule has 3 amide bonds. The minimum Gasteiger partial charge on any atom is -0.354 e. The fourth-order valence-corrected chi connectivity index (χ4v) is 2.07. The van der Waals surface area contributed by atoms with Gasteiger partial charge in [0.25, 0.3) is 0 Å². The van der Waals surface area contributed by atoms with Crippen LogP contribution in [0, 0.1) is 5.92 Å². The number of nitrogens with one attached hydrogen (secondary N) is 2. The summed E-state index contributed by atoms with van der Waals surface area (Å²) in [6.45, 7) is 4.36. The largest absolute Gasteiger partial charge is 0.354 e. The molecular weight excluding hydrogens is 290 g/mol. The molecule has 1 aromatic rings. The Morgan fingerprint density at radius 2 is 1.90 bits per heavy atom. The maximum atomic E-state index is 12.1. The molecule has 1 rings (SSSR count). The summed E-state index contributed by atoms with van der Waals surface area (Å²) in [4.78, 5) is 23.1. The van der Waals surface area contributed by atoms with E-state index in [1.807, 2.05) is 38.1 Å². The molecule has 0 saturated heterocycles. The molecule has 0 unspecified atom stereocenters. The summed E-state index contributed by atoms with van der Waals surface area (Å²) >= 11 is 5.82. The standard InChI is InChI=1S/C15H22ClN3O2/c1-3-10(2)13(19-15(17)21)14(20)18-9-8-11-4-6-12(16)7-5-11/h4-7,10,13H,3,8-9H2,1-2H3,(H,18,20)(H3,17,19,21)/t10-,13+/m1/s1. The van der Waals surface area contributed by atoms with Gasteiger partial charge in [-0.2, -0.15) is 0 Å². The molecule has 6 heteroatoms. The predicted octanol–water partition coefficient (Wildman–Crippen LogP) is 2.08. The predicted molar refractivity (Wildman–Crippen MR) is 84.1 cm³/mol. The molecule has 0 aliphatic rings. The first-order chi connectivity index (χ1) is 9.93. The van der Waals surface area contributed by atoms with Crippen LogP contribution in [0.1, 0.15) is 25.8 Å². The Bertz CT molecular complexity index is 476. The van der Waals surface area contributed by atoms with Gasteiger partial charge < -0.3 is 16.4 Å². The average Bonchev–Trinajstić information content (AvgIpc) is 2.45. The highest BCUT2D eigenvalue weighted by Gasteiger charge is 2.24. The summed E-state index contributed by atoms with van der Waals surface area (Å²) in [7, 11) is 0. The van der Waals surface area contributed by atoms with Gasteiger partial charge in [-0.15, -0.1) is 0 Å². The van der Waals surface area contributed by atoms with E-state index in [-0.39, 0.29) is 11.8 Å². The highest BCUT2D eigenvalue weighted by atomic mass is 35.5. The number of amides is 3. The molecule has 0 radical (unpaired) electrons. The lowest BCUT2D eigenvalue weighted by Gasteiger charge is -2.22. The van der Waals surface area contributed by atoms with Gasteiger partial charge in [-0.05, 0) is 30.0 Å². The second-order valence-electron chi connectivity index (χ2n) is 5.04. The molecule has 0 saturated carbocycles. The topological polar surface area (TPSA) is 84.2 Å².